The van der Waals surface area contributed by atoms with Gasteiger partial charge < -0.3 is 10.2 Å². The van der Waals surface area contributed by atoms with E-state index in [1.54, 1.807) is 0 Å². The van der Waals surface area contributed by atoms with Crippen LogP contribution in [0.5, 0.6) is 0 Å². The number of unbranched alkanes of at least 4 members (excludes halogenated alkanes) is 10. The first-order chi connectivity index (χ1) is 9.22. The Morgan fingerprint density at radius 3 is 1.58 bits per heavy atom. The molecule has 0 aromatic heterocycles. The van der Waals surface area contributed by atoms with E-state index in [4.69, 9.17) is 5.11 Å². The Balaban J connectivity index is 3.10. The number of aliphatic hydroxyl groups is 2. The summed E-state index contributed by atoms with van der Waals surface area (Å²) in [7, 11) is 0. The highest BCUT2D eigenvalue weighted by Gasteiger charge is 2.11. The molecule has 0 bridgehead atoms. The Hall–Kier alpha value is -0.0800. The monoisotopic (exact) mass is 272 g/mol. The lowest BCUT2D eigenvalue weighted by molar-refractivity contribution is 0.0685. The van der Waals surface area contributed by atoms with Gasteiger partial charge in [-0.15, -0.1) is 0 Å². The van der Waals surface area contributed by atoms with Crippen LogP contribution in [0.15, 0.2) is 0 Å². The summed E-state index contributed by atoms with van der Waals surface area (Å²) in [6, 6.07) is 0. The Bertz CT molecular complexity index is 171. The fourth-order valence-electron chi connectivity index (χ4n) is 2.42. The van der Waals surface area contributed by atoms with Gasteiger partial charge in [-0.25, -0.2) is 0 Å². The van der Waals surface area contributed by atoms with E-state index >= 15 is 0 Å². The minimum atomic E-state index is -0.316. The van der Waals surface area contributed by atoms with E-state index in [0.717, 1.165) is 12.8 Å². The minimum absolute atomic E-state index is 0.0307. The molecule has 19 heavy (non-hydrogen) atoms. The molecule has 0 saturated heterocycles. The van der Waals surface area contributed by atoms with Gasteiger partial charge in [0, 0.05) is 12.5 Å². The Morgan fingerprint density at radius 1 is 0.737 bits per heavy atom. The molecular weight excluding hydrogens is 236 g/mol. The topological polar surface area (TPSA) is 40.5 Å². The van der Waals surface area contributed by atoms with Gasteiger partial charge in [-0.1, -0.05) is 84.5 Å². The molecule has 0 rings (SSSR count). The van der Waals surface area contributed by atoms with E-state index in [0.29, 0.717) is 0 Å². The molecule has 0 radical (unpaired) electrons. The number of hydrogen-bond donors (Lipinski definition) is 2. The van der Waals surface area contributed by atoms with Gasteiger partial charge in [-0.2, -0.15) is 0 Å². The van der Waals surface area contributed by atoms with Crippen molar-refractivity contribution in [3.63, 3.8) is 0 Å². The van der Waals surface area contributed by atoms with Crippen LogP contribution in [0.3, 0.4) is 0 Å². The van der Waals surface area contributed by atoms with Crippen LogP contribution >= 0.6 is 0 Å². The molecule has 2 nitrogen and oxygen atoms in total. The van der Waals surface area contributed by atoms with Crippen molar-refractivity contribution in [2.75, 3.05) is 6.61 Å². The Morgan fingerprint density at radius 2 is 1.16 bits per heavy atom. The van der Waals surface area contributed by atoms with E-state index in [1.165, 1.54) is 64.2 Å². The molecule has 0 unspecified atom stereocenters. The Kier molecular flexibility index (Phi) is 14.3. The van der Waals surface area contributed by atoms with Gasteiger partial charge in [0.05, 0.1) is 6.10 Å². The molecule has 2 atom stereocenters. The largest absolute Gasteiger partial charge is 0.396 e. The molecule has 0 heterocycles. The van der Waals surface area contributed by atoms with E-state index in [1.807, 2.05) is 6.92 Å². The maximum Gasteiger partial charge on any atom is 0.0587 e. The highest BCUT2D eigenvalue weighted by molar-refractivity contribution is 4.63. The number of hydrogen-bond acceptors (Lipinski definition) is 2. The first-order valence-corrected chi connectivity index (χ1v) is 8.51. The third kappa shape index (κ3) is 12.7. The fourth-order valence-corrected chi connectivity index (χ4v) is 2.42. The van der Waals surface area contributed by atoms with Gasteiger partial charge in [0.2, 0.25) is 0 Å². The molecule has 0 aliphatic rings. The van der Waals surface area contributed by atoms with Crippen LogP contribution in [0.2, 0.25) is 0 Å². The third-order valence-corrected chi connectivity index (χ3v) is 4.05. The van der Waals surface area contributed by atoms with Gasteiger partial charge in [0.1, 0.15) is 0 Å². The summed E-state index contributed by atoms with van der Waals surface area (Å²) in [6.07, 6.45) is 15.2. The van der Waals surface area contributed by atoms with Crippen molar-refractivity contribution in [3.05, 3.63) is 0 Å². The van der Waals surface area contributed by atoms with Gasteiger partial charge in [-0.05, 0) is 6.42 Å². The molecule has 0 aliphatic heterocycles. The standard InChI is InChI=1S/C17H36O2/c1-3-4-5-6-7-8-9-10-11-12-13-14-17(19)16(2)15-18/h16-19H,3-15H2,1-2H3/t16-,17-/m1/s1. The quantitative estimate of drug-likeness (QED) is 0.451. The molecule has 0 amide bonds. The molecular formula is C17H36O2. The lowest BCUT2D eigenvalue weighted by Crippen LogP contribution is -2.20. The van der Waals surface area contributed by atoms with Crippen LogP contribution in [-0.4, -0.2) is 22.9 Å². The first-order valence-electron chi connectivity index (χ1n) is 8.51. The molecule has 0 aliphatic carbocycles. The zero-order valence-corrected chi connectivity index (χ0v) is 13.2. The number of rotatable bonds is 14. The smallest absolute Gasteiger partial charge is 0.0587 e. The maximum absolute atomic E-state index is 9.70. The zero-order valence-electron chi connectivity index (χ0n) is 13.2. The van der Waals surface area contributed by atoms with Crippen LogP contribution in [0.25, 0.3) is 0 Å². The molecule has 2 heteroatoms. The lowest BCUT2D eigenvalue weighted by Gasteiger charge is -2.15. The summed E-state index contributed by atoms with van der Waals surface area (Å²) in [6.45, 7) is 4.26. The molecule has 0 spiro atoms. The second-order valence-corrected chi connectivity index (χ2v) is 6.05. The van der Waals surface area contributed by atoms with Gasteiger partial charge in [0.15, 0.2) is 0 Å². The van der Waals surface area contributed by atoms with Crippen LogP contribution < -0.4 is 0 Å². The minimum Gasteiger partial charge on any atom is -0.396 e. The molecule has 0 fully saturated rings. The summed E-state index contributed by atoms with van der Waals surface area (Å²) in [5.74, 6) is 0.0307. The van der Waals surface area contributed by atoms with Gasteiger partial charge in [0.25, 0.3) is 0 Å². The van der Waals surface area contributed by atoms with Crippen molar-refractivity contribution in [2.24, 2.45) is 5.92 Å². The van der Waals surface area contributed by atoms with Crippen molar-refractivity contribution >= 4 is 0 Å². The number of aliphatic hydroxyl groups excluding tert-OH is 2. The average Bonchev–Trinajstić information content (AvgIpc) is 2.43. The normalized spacial score (nSPS) is 14.5. The maximum atomic E-state index is 9.70. The van der Waals surface area contributed by atoms with E-state index in [2.05, 4.69) is 6.92 Å². The summed E-state index contributed by atoms with van der Waals surface area (Å²) < 4.78 is 0. The van der Waals surface area contributed by atoms with Crippen molar-refractivity contribution in [3.8, 4) is 0 Å². The molecule has 0 aromatic rings. The summed E-state index contributed by atoms with van der Waals surface area (Å²) in [5, 5.41) is 18.6. The SMILES string of the molecule is CCCCCCCCCCCCC[C@@H](O)[C@H](C)CO. The molecule has 116 valence electrons. The van der Waals surface area contributed by atoms with Crippen LogP contribution in [0.4, 0.5) is 0 Å². The summed E-state index contributed by atoms with van der Waals surface area (Å²) in [4.78, 5) is 0. The van der Waals surface area contributed by atoms with Gasteiger partial charge >= 0.3 is 0 Å². The Labute approximate surface area is 120 Å². The molecule has 2 N–H and O–H groups in total. The predicted molar refractivity (Wildman–Crippen MR) is 83.3 cm³/mol. The van der Waals surface area contributed by atoms with Crippen molar-refractivity contribution in [1.82, 2.24) is 0 Å². The second kappa shape index (κ2) is 14.3. The molecule has 0 aromatic carbocycles. The average molecular weight is 272 g/mol. The van der Waals surface area contributed by atoms with E-state index in [9.17, 15) is 5.11 Å². The highest BCUT2D eigenvalue weighted by atomic mass is 16.3. The first kappa shape index (κ1) is 18.9. The highest BCUT2D eigenvalue weighted by Crippen LogP contribution is 2.14. The lowest BCUT2D eigenvalue weighted by atomic mass is 9.99. The van der Waals surface area contributed by atoms with Gasteiger partial charge in [-0.3, -0.25) is 0 Å². The van der Waals surface area contributed by atoms with E-state index < -0.39 is 0 Å². The fraction of sp³-hybridized carbons (Fsp3) is 1.00. The van der Waals surface area contributed by atoms with Crippen LogP contribution in [-0.2, 0) is 0 Å². The summed E-state index contributed by atoms with van der Waals surface area (Å²) >= 11 is 0. The summed E-state index contributed by atoms with van der Waals surface area (Å²) in [5.41, 5.74) is 0. The predicted octanol–water partition coefficient (Wildman–Crippen LogP) is 4.68. The van der Waals surface area contributed by atoms with Crippen molar-refractivity contribution < 1.29 is 10.2 Å². The van der Waals surface area contributed by atoms with Crippen LogP contribution in [0.1, 0.15) is 90.9 Å². The van der Waals surface area contributed by atoms with E-state index in [-0.39, 0.29) is 18.6 Å². The zero-order chi connectivity index (χ0) is 14.3. The van der Waals surface area contributed by atoms with Crippen molar-refractivity contribution in [1.29, 1.82) is 0 Å². The molecule has 0 saturated carbocycles. The second-order valence-electron chi connectivity index (χ2n) is 6.05. The van der Waals surface area contributed by atoms with Crippen LogP contribution in [0, 0.1) is 5.92 Å². The van der Waals surface area contributed by atoms with Crippen molar-refractivity contribution in [2.45, 2.75) is 97.0 Å². The third-order valence-electron chi connectivity index (χ3n) is 4.05.